The quantitative estimate of drug-likeness (QED) is 0.450. The summed E-state index contributed by atoms with van der Waals surface area (Å²) in [4.78, 5) is 10.1. The van der Waals surface area contributed by atoms with Gasteiger partial charge in [-0.25, -0.2) is 0 Å². The zero-order valence-corrected chi connectivity index (χ0v) is 11.9. The Morgan fingerprint density at radius 2 is 2.00 bits per heavy atom. The number of halogens is 1. The summed E-state index contributed by atoms with van der Waals surface area (Å²) < 4.78 is 7.10. The number of benzene rings is 1. The minimum absolute atomic E-state index is 0.240. The minimum atomic E-state index is -0.614. The third-order valence-electron chi connectivity index (χ3n) is 2.75. The summed E-state index contributed by atoms with van der Waals surface area (Å²) >= 11 is 11.0. The van der Waals surface area contributed by atoms with E-state index in [2.05, 4.69) is 10.2 Å². The van der Waals surface area contributed by atoms with Crippen LogP contribution in [0, 0.1) is 14.9 Å². The first-order valence-electron chi connectivity index (χ1n) is 5.74. The normalized spacial score (nSPS) is 10.7. The highest BCUT2D eigenvalue weighted by atomic mass is 35.5. The van der Waals surface area contributed by atoms with Crippen molar-refractivity contribution < 1.29 is 9.34 Å². The summed E-state index contributed by atoms with van der Waals surface area (Å²) in [7, 11) is 0. The Morgan fingerprint density at radius 1 is 1.29 bits per heavy atom. The molecular weight excluding hydrogens is 316 g/mol. The highest BCUT2D eigenvalue weighted by Gasteiger charge is 2.18. The predicted molar refractivity (Wildman–Crippen MR) is 78.1 cm³/mol. The Bertz CT molecular complexity index is 865. The van der Waals surface area contributed by atoms with Gasteiger partial charge >= 0.3 is 5.88 Å². The van der Waals surface area contributed by atoms with Crippen LogP contribution in [0.3, 0.4) is 0 Å². The Morgan fingerprint density at radius 3 is 2.62 bits per heavy atom. The van der Waals surface area contributed by atoms with Crippen molar-refractivity contribution in [1.82, 2.24) is 14.8 Å². The molecule has 9 heteroatoms. The molecular formula is C12H7ClN4O3S. The van der Waals surface area contributed by atoms with Gasteiger partial charge in [0.05, 0.1) is 11.8 Å². The molecule has 1 aromatic carbocycles. The average Bonchev–Trinajstić information content (AvgIpc) is 3.06. The van der Waals surface area contributed by atoms with E-state index in [0.717, 1.165) is 0 Å². The second-order valence-electron chi connectivity index (χ2n) is 4.06. The molecule has 2 aromatic heterocycles. The first-order chi connectivity index (χ1) is 10.1. The molecule has 3 rings (SSSR count). The molecule has 0 aliphatic heterocycles. The monoisotopic (exact) mass is 322 g/mol. The SMILES string of the molecule is O=[N+]([O-])c1ccc(-c2n[nH]c(=S)n2-c2ccc(Cl)cc2)o1. The van der Waals surface area contributed by atoms with Crippen LogP contribution in [0.15, 0.2) is 40.8 Å². The van der Waals surface area contributed by atoms with Crippen LogP contribution in [0.2, 0.25) is 5.02 Å². The van der Waals surface area contributed by atoms with Crippen LogP contribution in [0.25, 0.3) is 17.3 Å². The Hall–Kier alpha value is -2.45. The number of hydrogen-bond acceptors (Lipinski definition) is 5. The van der Waals surface area contributed by atoms with Crippen molar-refractivity contribution in [2.45, 2.75) is 0 Å². The fourth-order valence-corrected chi connectivity index (χ4v) is 2.20. The molecule has 21 heavy (non-hydrogen) atoms. The van der Waals surface area contributed by atoms with E-state index in [1.807, 2.05) is 0 Å². The van der Waals surface area contributed by atoms with Gasteiger partial charge in [0.25, 0.3) is 0 Å². The molecule has 0 bridgehead atoms. The summed E-state index contributed by atoms with van der Waals surface area (Å²) in [5, 5.41) is 18.0. The number of nitrogens with zero attached hydrogens (tertiary/aromatic N) is 3. The lowest BCUT2D eigenvalue weighted by Crippen LogP contribution is -1.96. The molecule has 1 N–H and O–H groups in total. The standard InChI is InChI=1S/C12H7ClN4O3S/c13-7-1-3-8(4-2-7)16-11(14-15-12(16)21)9-5-6-10(20-9)17(18)19/h1-6H,(H,15,21). The van der Waals surface area contributed by atoms with Crippen molar-refractivity contribution in [2.75, 3.05) is 0 Å². The molecule has 3 aromatic rings. The number of H-pyrrole nitrogens is 1. The van der Waals surface area contributed by atoms with E-state index in [1.165, 1.54) is 12.1 Å². The van der Waals surface area contributed by atoms with E-state index >= 15 is 0 Å². The van der Waals surface area contributed by atoms with Gasteiger partial charge in [0, 0.05) is 5.02 Å². The van der Waals surface area contributed by atoms with Gasteiger partial charge in [0.1, 0.15) is 4.92 Å². The summed E-state index contributed by atoms with van der Waals surface area (Å²) in [6.07, 6.45) is 0. The molecule has 0 unspecified atom stereocenters. The van der Waals surface area contributed by atoms with Crippen LogP contribution >= 0.6 is 23.8 Å². The molecule has 0 saturated carbocycles. The highest BCUT2D eigenvalue weighted by Crippen LogP contribution is 2.27. The third kappa shape index (κ3) is 2.46. The second-order valence-corrected chi connectivity index (χ2v) is 4.88. The molecule has 0 aliphatic carbocycles. The topological polar surface area (TPSA) is 89.9 Å². The van der Waals surface area contributed by atoms with E-state index in [9.17, 15) is 10.1 Å². The maximum Gasteiger partial charge on any atom is 0.433 e. The molecule has 0 fully saturated rings. The van der Waals surface area contributed by atoms with Crippen molar-refractivity contribution in [3.8, 4) is 17.3 Å². The number of aromatic amines is 1. The lowest BCUT2D eigenvalue weighted by Gasteiger charge is -2.04. The van der Waals surface area contributed by atoms with Crippen molar-refractivity contribution in [1.29, 1.82) is 0 Å². The Balaban J connectivity index is 2.14. The van der Waals surface area contributed by atoms with Gasteiger partial charge < -0.3 is 4.42 Å². The summed E-state index contributed by atoms with van der Waals surface area (Å²) in [6, 6.07) is 9.66. The number of rotatable bonds is 3. The number of hydrogen-bond donors (Lipinski definition) is 1. The number of furan rings is 1. The van der Waals surface area contributed by atoms with Gasteiger partial charge in [-0.3, -0.25) is 19.8 Å². The Kier molecular flexibility index (Phi) is 3.32. The molecule has 0 radical (unpaired) electrons. The molecule has 0 atom stereocenters. The van der Waals surface area contributed by atoms with Crippen LogP contribution < -0.4 is 0 Å². The molecule has 7 nitrogen and oxygen atoms in total. The maximum atomic E-state index is 10.7. The fraction of sp³-hybridized carbons (Fsp3) is 0. The van der Waals surface area contributed by atoms with Crippen LogP contribution in [-0.2, 0) is 0 Å². The van der Waals surface area contributed by atoms with Gasteiger partial charge in [-0.05, 0) is 42.5 Å². The zero-order valence-electron chi connectivity index (χ0n) is 10.3. The molecule has 106 valence electrons. The highest BCUT2D eigenvalue weighted by molar-refractivity contribution is 7.71. The maximum absolute atomic E-state index is 10.7. The van der Waals surface area contributed by atoms with E-state index in [0.29, 0.717) is 21.3 Å². The summed E-state index contributed by atoms with van der Waals surface area (Å²) in [5.41, 5.74) is 0.715. The molecule has 0 spiro atoms. The lowest BCUT2D eigenvalue weighted by molar-refractivity contribution is -0.401. The Labute approximate surface area is 127 Å². The lowest BCUT2D eigenvalue weighted by atomic mass is 10.3. The fourth-order valence-electron chi connectivity index (χ4n) is 1.84. The van der Waals surface area contributed by atoms with Crippen molar-refractivity contribution >= 4 is 29.7 Å². The number of nitrogens with one attached hydrogen (secondary N) is 1. The van der Waals surface area contributed by atoms with Crippen LogP contribution in [0.1, 0.15) is 0 Å². The van der Waals surface area contributed by atoms with Crippen LogP contribution in [-0.4, -0.2) is 19.7 Å². The number of nitro groups is 1. The van der Waals surface area contributed by atoms with Crippen LogP contribution in [0.4, 0.5) is 5.88 Å². The average molecular weight is 323 g/mol. The first kappa shape index (κ1) is 13.5. The van der Waals surface area contributed by atoms with E-state index in [4.69, 9.17) is 28.2 Å². The van der Waals surface area contributed by atoms with Crippen molar-refractivity contribution in [3.63, 3.8) is 0 Å². The molecule has 0 amide bonds. The molecule has 0 aliphatic rings. The first-order valence-corrected chi connectivity index (χ1v) is 6.53. The largest absolute Gasteiger partial charge is 0.433 e. The van der Waals surface area contributed by atoms with Gasteiger partial charge in [-0.1, -0.05) is 11.6 Å². The van der Waals surface area contributed by atoms with Crippen molar-refractivity contribution in [2.24, 2.45) is 0 Å². The van der Waals surface area contributed by atoms with Crippen LogP contribution in [0.5, 0.6) is 0 Å². The van der Waals surface area contributed by atoms with Gasteiger partial charge in [0.2, 0.25) is 5.82 Å². The second kappa shape index (κ2) is 5.15. The third-order valence-corrected chi connectivity index (χ3v) is 3.28. The van der Waals surface area contributed by atoms with Gasteiger partial charge in [-0.15, -0.1) is 0 Å². The molecule has 2 heterocycles. The summed E-state index contributed by atoms with van der Waals surface area (Å²) in [5.74, 6) is 0.223. The minimum Gasteiger partial charge on any atom is -0.397 e. The number of aromatic nitrogens is 3. The van der Waals surface area contributed by atoms with Crippen molar-refractivity contribution in [3.05, 3.63) is 56.3 Å². The smallest absolute Gasteiger partial charge is 0.397 e. The van der Waals surface area contributed by atoms with E-state index < -0.39 is 4.92 Å². The summed E-state index contributed by atoms with van der Waals surface area (Å²) in [6.45, 7) is 0. The van der Waals surface area contributed by atoms with E-state index in [-0.39, 0.29) is 11.6 Å². The van der Waals surface area contributed by atoms with E-state index in [1.54, 1.807) is 28.8 Å². The zero-order chi connectivity index (χ0) is 15.0. The molecule has 0 saturated heterocycles. The van der Waals surface area contributed by atoms with Gasteiger partial charge in [-0.2, -0.15) is 5.10 Å². The van der Waals surface area contributed by atoms with Gasteiger partial charge in [0.15, 0.2) is 10.5 Å². The predicted octanol–water partition coefficient (Wildman–Crippen LogP) is 3.75.